The summed E-state index contributed by atoms with van der Waals surface area (Å²) in [5.74, 6) is 2.83. The minimum Gasteiger partial charge on any atom is -0.497 e. The van der Waals surface area contributed by atoms with Crippen LogP contribution in [0.15, 0.2) is 40.9 Å². The number of hydrogen-bond acceptors (Lipinski definition) is 7. The highest BCUT2D eigenvalue weighted by Crippen LogP contribution is 2.36. The van der Waals surface area contributed by atoms with E-state index in [1.807, 2.05) is 24.3 Å². The average molecular weight is 376 g/mol. The number of nitrogens with zero attached hydrogens (tertiary/aromatic N) is 2. The van der Waals surface area contributed by atoms with Crippen LogP contribution in [-0.4, -0.2) is 31.5 Å². The Bertz CT molecular complexity index is 881. The topological polar surface area (TPSA) is 78.6 Å². The van der Waals surface area contributed by atoms with Crippen LogP contribution < -0.4 is 19.5 Å². The number of halogens is 1. The molecule has 3 aromatic rings. The zero-order valence-electron chi connectivity index (χ0n) is 14.6. The predicted octanol–water partition coefficient (Wildman–Crippen LogP) is 4.03. The molecule has 0 aliphatic heterocycles. The molecule has 26 heavy (non-hydrogen) atoms. The molecule has 1 aromatic heterocycles. The molecule has 0 amide bonds. The normalized spacial score (nSPS) is 10.5. The van der Waals surface area contributed by atoms with E-state index in [0.29, 0.717) is 40.5 Å². The molecule has 2 aromatic carbocycles. The highest BCUT2D eigenvalue weighted by molar-refractivity contribution is 6.33. The molecule has 0 atom stereocenters. The van der Waals surface area contributed by atoms with Gasteiger partial charge in [-0.1, -0.05) is 16.8 Å². The molecule has 0 aliphatic rings. The van der Waals surface area contributed by atoms with Crippen molar-refractivity contribution in [2.24, 2.45) is 0 Å². The van der Waals surface area contributed by atoms with Gasteiger partial charge in [0.1, 0.15) is 5.75 Å². The number of hydrogen-bond donors (Lipinski definition) is 1. The van der Waals surface area contributed by atoms with Crippen molar-refractivity contribution in [2.45, 2.75) is 6.54 Å². The van der Waals surface area contributed by atoms with E-state index < -0.39 is 0 Å². The van der Waals surface area contributed by atoms with Crippen molar-refractivity contribution in [1.82, 2.24) is 10.1 Å². The summed E-state index contributed by atoms with van der Waals surface area (Å²) >= 11 is 6.26. The average Bonchev–Trinajstić information content (AvgIpc) is 3.15. The van der Waals surface area contributed by atoms with Gasteiger partial charge in [0.05, 0.1) is 38.6 Å². The maximum absolute atomic E-state index is 6.26. The molecule has 0 saturated carbocycles. The van der Waals surface area contributed by atoms with Crippen molar-refractivity contribution < 1.29 is 18.7 Å². The van der Waals surface area contributed by atoms with Gasteiger partial charge in [0.15, 0.2) is 11.5 Å². The lowest BCUT2D eigenvalue weighted by molar-refractivity contribution is 0.355. The lowest BCUT2D eigenvalue weighted by Gasteiger charge is -2.12. The number of benzene rings is 2. The van der Waals surface area contributed by atoms with E-state index in [1.165, 1.54) is 0 Å². The molecule has 0 fully saturated rings. The SMILES string of the molecule is COc1ccc(-c2noc(CNc3cc(OC)c(OC)cc3Cl)n2)cc1. The summed E-state index contributed by atoms with van der Waals surface area (Å²) in [5.41, 5.74) is 1.51. The standard InChI is InChI=1S/C18H18ClN3O4/c1-23-12-6-4-11(5-7-12)18-21-17(26-22-18)10-20-14-9-16(25-3)15(24-2)8-13(14)19/h4-9,20H,10H2,1-3H3. The summed E-state index contributed by atoms with van der Waals surface area (Å²) in [4.78, 5) is 4.38. The first-order valence-electron chi connectivity index (χ1n) is 7.77. The zero-order valence-corrected chi connectivity index (χ0v) is 15.3. The first kappa shape index (κ1) is 17.9. The number of aromatic nitrogens is 2. The molecule has 0 spiro atoms. The van der Waals surface area contributed by atoms with Crippen molar-refractivity contribution in [3.63, 3.8) is 0 Å². The monoisotopic (exact) mass is 375 g/mol. The lowest BCUT2D eigenvalue weighted by atomic mass is 10.2. The molecule has 0 aliphatic carbocycles. The van der Waals surface area contributed by atoms with Gasteiger partial charge in [0.25, 0.3) is 0 Å². The van der Waals surface area contributed by atoms with Crippen molar-refractivity contribution in [1.29, 1.82) is 0 Å². The fourth-order valence-electron chi connectivity index (χ4n) is 2.34. The molecule has 1 N–H and O–H groups in total. The second-order valence-electron chi connectivity index (χ2n) is 5.28. The number of ether oxygens (including phenoxy) is 3. The molecular weight excluding hydrogens is 358 g/mol. The van der Waals surface area contributed by atoms with Gasteiger partial charge in [-0.15, -0.1) is 0 Å². The fraction of sp³-hybridized carbons (Fsp3) is 0.222. The summed E-state index contributed by atoms with van der Waals surface area (Å²) in [5, 5.41) is 7.65. The number of methoxy groups -OCH3 is 3. The van der Waals surface area contributed by atoms with Crippen molar-refractivity contribution in [3.05, 3.63) is 47.3 Å². The summed E-state index contributed by atoms with van der Waals surface area (Å²) in [6.07, 6.45) is 0. The van der Waals surface area contributed by atoms with Crippen molar-refractivity contribution in [2.75, 3.05) is 26.6 Å². The fourth-order valence-corrected chi connectivity index (χ4v) is 2.56. The highest BCUT2D eigenvalue weighted by atomic mass is 35.5. The molecule has 0 saturated heterocycles. The quantitative estimate of drug-likeness (QED) is 0.667. The van der Waals surface area contributed by atoms with E-state index in [4.69, 9.17) is 30.3 Å². The van der Waals surface area contributed by atoms with Gasteiger partial charge in [-0.25, -0.2) is 0 Å². The van der Waals surface area contributed by atoms with E-state index >= 15 is 0 Å². The Morgan fingerprint density at radius 3 is 2.35 bits per heavy atom. The van der Waals surface area contributed by atoms with E-state index in [-0.39, 0.29) is 0 Å². The van der Waals surface area contributed by atoms with E-state index in [2.05, 4.69) is 15.5 Å². The minimum atomic E-state index is 0.318. The number of nitrogens with one attached hydrogen (secondary N) is 1. The smallest absolute Gasteiger partial charge is 0.246 e. The Hall–Kier alpha value is -2.93. The van der Waals surface area contributed by atoms with Crippen LogP contribution in [0, 0.1) is 0 Å². The Labute approximate surface area is 155 Å². The molecule has 0 unspecified atom stereocenters. The second kappa shape index (κ2) is 7.97. The number of rotatable bonds is 7. The third kappa shape index (κ3) is 3.83. The van der Waals surface area contributed by atoms with Gasteiger partial charge < -0.3 is 24.1 Å². The number of anilines is 1. The van der Waals surface area contributed by atoms with Gasteiger partial charge in [0, 0.05) is 17.7 Å². The largest absolute Gasteiger partial charge is 0.497 e. The van der Waals surface area contributed by atoms with Crippen LogP contribution in [-0.2, 0) is 6.54 Å². The minimum absolute atomic E-state index is 0.318. The van der Waals surface area contributed by atoms with Crippen LogP contribution in [0.25, 0.3) is 11.4 Å². The van der Waals surface area contributed by atoms with Crippen molar-refractivity contribution in [3.8, 4) is 28.6 Å². The molecule has 1 heterocycles. The maximum atomic E-state index is 6.26. The summed E-state index contributed by atoms with van der Waals surface area (Å²) in [7, 11) is 4.74. The lowest BCUT2D eigenvalue weighted by Crippen LogP contribution is -2.01. The Balaban J connectivity index is 1.72. The molecule has 136 valence electrons. The van der Waals surface area contributed by atoms with Crippen LogP contribution in [0.2, 0.25) is 5.02 Å². The predicted molar refractivity (Wildman–Crippen MR) is 98.2 cm³/mol. The van der Waals surface area contributed by atoms with Gasteiger partial charge in [-0.3, -0.25) is 0 Å². The summed E-state index contributed by atoms with van der Waals surface area (Å²) in [6.45, 7) is 0.318. The zero-order chi connectivity index (χ0) is 18.5. The molecule has 0 bridgehead atoms. The van der Waals surface area contributed by atoms with Gasteiger partial charge in [-0.2, -0.15) is 4.98 Å². The van der Waals surface area contributed by atoms with Crippen LogP contribution in [0.4, 0.5) is 5.69 Å². The highest BCUT2D eigenvalue weighted by Gasteiger charge is 2.12. The third-order valence-electron chi connectivity index (χ3n) is 3.72. The van der Waals surface area contributed by atoms with Gasteiger partial charge in [-0.05, 0) is 24.3 Å². The Kier molecular flexibility index (Phi) is 5.48. The van der Waals surface area contributed by atoms with E-state index in [1.54, 1.807) is 33.5 Å². The molecule has 0 radical (unpaired) electrons. The first-order valence-corrected chi connectivity index (χ1v) is 8.14. The molecular formula is C18H18ClN3O4. The van der Waals surface area contributed by atoms with Crippen LogP contribution in [0.3, 0.4) is 0 Å². The van der Waals surface area contributed by atoms with E-state index in [0.717, 1.165) is 11.3 Å². The molecule has 7 nitrogen and oxygen atoms in total. The van der Waals surface area contributed by atoms with Crippen LogP contribution in [0.1, 0.15) is 5.89 Å². The molecule has 8 heteroatoms. The third-order valence-corrected chi connectivity index (χ3v) is 4.03. The Morgan fingerprint density at radius 2 is 1.69 bits per heavy atom. The van der Waals surface area contributed by atoms with Crippen LogP contribution in [0.5, 0.6) is 17.2 Å². The summed E-state index contributed by atoms with van der Waals surface area (Å²) < 4.78 is 20.9. The van der Waals surface area contributed by atoms with Crippen molar-refractivity contribution >= 4 is 17.3 Å². The second-order valence-corrected chi connectivity index (χ2v) is 5.69. The Morgan fingerprint density at radius 1 is 1.00 bits per heavy atom. The van der Waals surface area contributed by atoms with Crippen LogP contribution >= 0.6 is 11.6 Å². The maximum Gasteiger partial charge on any atom is 0.246 e. The van der Waals surface area contributed by atoms with Gasteiger partial charge in [0.2, 0.25) is 11.7 Å². The van der Waals surface area contributed by atoms with Gasteiger partial charge >= 0.3 is 0 Å². The molecule has 3 rings (SSSR count). The van der Waals surface area contributed by atoms with E-state index in [9.17, 15) is 0 Å². The first-order chi connectivity index (χ1) is 12.6. The summed E-state index contributed by atoms with van der Waals surface area (Å²) in [6, 6.07) is 10.8.